The van der Waals surface area contributed by atoms with Crippen LogP contribution < -0.4 is 9.47 Å². The van der Waals surface area contributed by atoms with Crippen LogP contribution in [0.5, 0.6) is 11.5 Å². The number of nitrogens with zero attached hydrogens (tertiary/aromatic N) is 2. The van der Waals surface area contributed by atoms with E-state index < -0.39 is 33.5 Å². The fourth-order valence-electron chi connectivity index (χ4n) is 2.81. The standard InChI is InChI=1S/C19H18N2O9/c1-2-27-16-6-4-12(10-14(16)20(23)24)18(22)30-17-7-5-13(11-15(17)21(25)26)19-28-8-3-9-29-19/h4-7,10-11,19H,2-3,8-9H2,1H3. The molecule has 2 aromatic rings. The Balaban J connectivity index is 1.86. The van der Waals surface area contributed by atoms with E-state index in [1.807, 2.05) is 0 Å². The summed E-state index contributed by atoms with van der Waals surface area (Å²) < 4.78 is 21.2. The molecule has 0 aliphatic carbocycles. The quantitative estimate of drug-likeness (QED) is 0.285. The molecule has 0 radical (unpaired) electrons. The molecule has 0 spiro atoms. The third-order valence-electron chi connectivity index (χ3n) is 4.17. The van der Waals surface area contributed by atoms with Crippen LogP contribution in [0.15, 0.2) is 36.4 Å². The molecule has 11 heteroatoms. The number of hydrogen-bond acceptors (Lipinski definition) is 9. The highest BCUT2D eigenvalue weighted by Gasteiger charge is 2.25. The Bertz CT molecular complexity index is 970. The van der Waals surface area contributed by atoms with Crippen molar-refractivity contribution in [2.24, 2.45) is 0 Å². The molecule has 0 bridgehead atoms. The van der Waals surface area contributed by atoms with Crippen LogP contribution in [-0.2, 0) is 9.47 Å². The minimum absolute atomic E-state index is 0.00173. The molecule has 0 unspecified atom stereocenters. The van der Waals surface area contributed by atoms with Crippen molar-refractivity contribution < 1.29 is 33.6 Å². The van der Waals surface area contributed by atoms with Crippen LogP contribution in [0.1, 0.15) is 35.6 Å². The fourth-order valence-corrected chi connectivity index (χ4v) is 2.81. The molecule has 1 saturated heterocycles. The Morgan fingerprint density at radius 3 is 2.30 bits per heavy atom. The second-order valence-electron chi connectivity index (χ2n) is 6.17. The van der Waals surface area contributed by atoms with Gasteiger partial charge >= 0.3 is 17.3 Å². The number of esters is 1. The van der Waals surface area contributed by atoms with Crippen molar-refractivity contribution >= 4 is 17.3 Å². The number of benzene rings is 2. The second kappa shape index (κ2) is 9.29. The van der Waals surface area contributed by atoms with Gasteiger partial charge in [-0.15, -0.1) is 0 Å². The maximum atomic E-state index is 12.5. The number of ether oxygens (including phenoxy) is 4. The lowest BCUT2D eigenvalue weighted by Gasteiger charge is -2.23. The maximum Gasteiger partial charge on any atom is 0.344 e. The summed E-state index contributed by atoms with van der Waals surface area (Å²) in [5.74, 6) is -1.29. The Hall–Kier alpha value is -3.57. The van der Waals surface area contributed by atoms with E-state index in [1.165, 1.54) is 30.3 Å². The number of nitro groups is 2. The largest absolute Gasteiger partial charge is 0.487 e. The third-order valence-corrected chi connectivity index (χ3v) is 4.17. The summed E-state index contributed by atoms with van der Waals surface area (Å²) >= 11 is 0. The van der Waals surface area contributed by atoms with Crippen molar-refractivity contribution in [1.82, 2.24) is 0 Å². The van der Waals surface area contributed by atoms with Crippen molar-refractivity contribution in [3.63, 3.8) is 0 Å². The lowest BCUT2D eigenvalue weighted by atomic mass is 10.1. The normalized spacial score (nSPS) is 14.2. The molecule has 1 fully saturated rings. The van der Waals surface area contributed by atoms with Gasteiger partial charge in [0.25, 0.3) is 0 Å². The first-order valence-electron chi connectivity index (χ1n) is 9.05. The van der Waals surface area contributed by atoms with Gasteiger partial charge in [0, 0.05) is 17.7 Å². The van der Waals surface area contributed by atoms with Crippen LogP contribution in [0.3, 0.4) is 0 Å². The van der Waals surface area contributed by atoms with Gasteiger partial charge in [-0.3, -0.25) is 20.2 Å². The van der Waals surface area contributed by atoms with Crippen LogP contribution in [0.2, 0.25) is 0 Å². The molecule has 0 saturated carbocycles. The third kappa shape index (κ3) is 4.70. The van der Waals surface area contributed by atoms with E-state index >= 15 is 0 Å². The van der Waals surface area contributed by atoms with E-state index in [9.17, 15) is 25.0 Å². The average molecular weight is 418 g/mol. The van der Waals surface area contributed by atoms with Gasteiger partial charge in [-0.1, -0.05) is 0 Å². The fraction of sp³-hybridized carbons (Fsp3) is 0.316. The molecule has 0 aromatic heterocycles. The monoisotopic (exact) mass is 418 g/mol. The minimum atomic E-state index is -0.984. The summed E-state index contributed by atoms with van der Waals surface area (Å²) in [6, 6.07) is 7.51. The first-order valence-corrected chi connectivity index (χ1v) is 9.05. The van der Waals surface area contributed by atoms with E-state index in [1.54, 1.807) is 6.92 Å². The Kier molecular flexibility index (Phi) is 6.54. The van der Waals surface area contributed by atoms with Gasteiger partial charge in [-0.05, 0) is 37.6 Å². The van der Waals surface area contributed by atoms with Gasteiger partial charge in [0.05, 0.1) is 35.2 Å². The lowest BCUT2D eigenvalue weighted by molar-refractivity contribution is -0.385. The van der Waals surface area contributed by atoms with Gasteiger partial charge < -0.3 is 18.9 Å². The molecule has 30 heavy (non-hydrogen) atoms. The first kappa shape index (κ1) is 21.1. The first-order chi connectivity index (χ1) is 14.4. The van der Waals surface area contributed by atoms with Crippen LogP contribution in [-0.4, -0.2) is 35.6 Å². The molecule has 0 amide bonds. The van der Waals surface area contributed by atoms with Crippen molar-refractivity contribution in [3.05, 3.63) is 67.8 Å². The lowest BCUT2D eigenvalue weighted by Crippen LogP contribution is -2.18. The van der Waals surface area contributed by atoms with E-state index in [-0.39, 0.29) is 23.7 Å². The number of nitro benzene ring substituents is 2. The number of hydrogen-bond donors (Lipinski definition) is 0. The van der Waals surface area contributed by atoms with E-state index in [4.69, 9.17) is 18.9 Å². The summed E-state index contributed by atoms with van der Waals surface area (Å²) in [7, 11) is 0. The second-order valence-corrected chi connectivity index (χ2v) is 6.17. The Labute approximate surface area is 170 Å². The topological polar surface area (TPSA) is 140 Å². The molecule has 0 N–H and O–H groups in total. The zero-order valence-corrected chi connectivity index (χ0v) is 15.9. The van der Waals surface area contributed by atoms with Gasteiger partial charge in [0.1, 0.15) is 0 Å². The molecular weight excluding hydrogens is 400 g/mol. The summed E-state index contributed by atoms with van der Waals surface area (Å²) in [5, 5.41) is 22.7. The van der Waals surface area contributed by atoms with Gasteiger partial charge in [-0.25, -0.2) is 4.79 Å². The number of carbonyl (C=O) groups is 1. The summed E-state index contributed by atoms with van der Waals surface area (Å²) in [4.78, 5) is 33.8. The van der Waals surface area contributed by atoms with Gasteiger partial charge in [-0.2, -0.15) is 0 Å². The molecular formula is C19H18N2O9. The van der Waals surface area contributed by atoms with Gasteiger partial charge in [0.2, 0.25) is 5.75 Å². The van der Waals surface area contributed by atoms with Crippen molar-refractivity contribution in [1.29, 1.82) is 0 Å². The number of carbonyl (C=O) groups excluding carboxylic acids is 1. The molecule has 0 atom stereocenters. The van der Waals surface area contributed by atoms with Gasteiger partial charge in [0.15, 0.2) is 12.0 Å². The van der Waals surface area contributed by atoms with Crippen molar-refractivity contribution in [2.75, 3.05) is 19.8 Å². The maximum absolute atomic E-state index is 12.5. The van der Waals surface area contributed by atoms with Crippen molar-refractivity contribution in [3.8, 4) is 11.5 Å². The highest BCUT2D eigenvalue weighted by Crippen LogP contribution is 2.34. The predicted molar refractivity (Wildman–Crippen MR) is 102 cm³/mol. The molecule has 158 valence electrons. The molecule has 11 nitrogen and oxygen atoms in total. The van der Waals surface area contributed by atoms with E-state index in [2.05, 4.69) is 0 Å². The Morgan fingerprint density at radius 1 is 1.03 bits per heavy atom. The summed E-state index contributed by atoms with van der Waals surface area (Å²) in [5.41, 5.74) is -0.609. The van der Waals surface area contributed by atoms with Crippen LogP contribution in [0.4, 0.5) is 11.4 Å². The Morgan fingerprint density at radius 2 is 1.67 bits per heavy atom. The zero-order chi connectivity index (χ0) is 21.7. The molecule has 1 heterocycles. The molecule has 1 aliphatic rings. The summed E-state index contributed by atoms with van der Waals surface area (Å²) in [6.45, 7) is 2.80. The van der Waals surface area contributed by atoms with E-state index in [0.717, 1.165) is 12.5 Å². The molecule has 2 aromatic carbocycles. The highest BCUT2D eigenvalue weighted by molar-refractivity contribution is 5.92. The molecule has 3 rings (SSSR count). The minimum Gasteiger partial charge on any atom is -0.487 e. The highest BCUT2D eigenvalue weighted by atomic mass is 16.7. The van der Waals surface area contributed by atoms with Crippen molar-refractivity contribution in [2.45, 2.75) is 19.6 Å². The number of rotatable bonds is 7. The predicted octanol–water partition coefficient (Wildman–Crippen LogP) is 3.56. The SMILES string of the molecule is CCOc1ccc(C(=O)Oc2ccc(C3OCCCO3)cc2[N+](=O)[O-])cc1[N+](=O)[O-]. The molecule has 1 aliphatic heterocycles. The smallest absolute Gasteiger partial charge is 0.344 e. The van der Waals surface area contributed by atoms with Crippen LogP contribution in [0, 0.1) is 20.2 Å². The van der Waals surface area contributed by atoms with Crippen LogP contribution >= 0.6 is 0 Å². The van der Waals surface area contributed by atoms with Crippen LogP contribution in [0.25, 0.3) is 0 Å². The average Bonchev–Trinajstić information content (AvgIpc) is 2.74. The van der Waals surface area contributed by atoms with E-state index in [0.29, 0.717) is 18.8 Å². The zero-order valence-electron chi connectivity index (χ0n) is 15.9. The summed E-state index contributed by atoms with van der Waals surface area (Å²) in [6.07, 6.45) is -0.0151.